The molecule has 0 spiro atoms. The molecule has 0 aliphatic carbocycles. The van der Waals surface area contributed by atoms with Gasteiger partial charge in [0.15, 0.2) is 0 Å². The Hall–Kier alpha value is -3.09. The second kappa shape index (κ2) is 9.18. The van der Waals surface area contributed by atoms with Crippen molar-refractivity contribution >= 4 is 23.1 Å². The number of imidazole rings is 1. The minimum Gasteiger partial charge on any atom is -0.444 e. The Morgan fingerprint density at radius 3 is 2.69 bits per heavy atom. The highest BCUT2D eigenvalue weighted by molar-refractivity contribution is 5.79. The lowest BCUT2D eigenvalue weighted by atomic mass is 9.98. The van der Waals surface area contributed by atoms with E-state index in [2.05, 4.69) is 20.9 Å². The van der Waals surface area contributed by atoms with Gasteiger partial charge in [-0.3, -0.25) is 0 Å². The van der Waals surface area contributed by atoms with E-state index in [-0.39, 0.29) is 11.9 Å². The van der Waals surface area contributed by atoms with Gasteiger partial charge in [0.1, 0.15) is 11.4 Å². The SMILES string of the molecule is CC(C)(C)OC(=O)NCC1CCCN(c2nc3ccccc3n2Cc2ccc(F)cc2)C1. The number of piperidine rings is 1. The van der Waals surface area contributed by atoms with Crippen molar-refractivity contribution < 1.29 is 13.9 Å². The van der Waals surface area contributed by atoms with Crippen molar-refractivity contribution in [2.24, 2.45) is 5.92 Å². The number of hydrogen-bond donors (Lipinski definition) is 1. The fourth-order valence-corrected chi connectivity index (χ4v) is 4.19. The van der Waals surface area contributed by atoms with Crippen molar-refractivity contribution in [3.63, 3.8) is 0 Å². The van der Waals surface area contributed by atoms with Gasteiger partial charge in [-0.1, -0.05) is 24.3 Å². The molecule has 1 N–H and O–H groups in total. The quantitative estimate of drug-likeness (QED) is 0.611. The van der Waals surface area contributed by atoms with E-state index in [1.165, 1.54) is 12.1 Å². The van der Waals surface area contributed by atoms with Gasteiger partial charge in [0, 0.05) is 19.6 Å². The van der Waals surface area contributed by atoms with E-state index in [1.807, 2.05) is 51.1 Å². The van der Waals surface area contributed by atoms with Crippen molar-refractivity contribution in [3.05, 3.63) is 59.9 Å². The third kappa shape index (κ3) is 5.39. The molecule has 2 heterocycles. The summed E-state index contributed by atoms with van der Waals surface area (Å²) in [6.07, 6.45) is 1.70. The molecule has 4 rings (SSSR count). The van der Waals surface area contributed by atoms with Crippen LogP contribution < -0.4 is 10.2 Å². The monoisotopic (exact) mass is 438 g/mol. The fourth-order valence-electron chi connectivity index (χ4n) is 4.19. The summed E-state index contributed by atoms with van der Waals surface area (Å²) in [6, 6.07) is 14.7. The number of alkyl carbamates (subject to hydrolysis) is 1. The molecule has 1 aliphatic rings. The minimum absolute atomic E-state index is 0.235. The number of carbonyl (C=O) groups excluding carboxylic acids is 1. The van der Waals surface area contributed by atoms with Crippen LogP contribution in [0.15, 0.2) is 48.5 Å². The van der Waals surface area contributed by atoms with Crippen LogP contribution in [0.3, 0.4) is 0 Å². The van der Waals surface area contributed by atoms with Gasteiger partial charge in [0.25, 0.3) is 0 Å². The molecule has 7 heteroatoms. The molecule has 1 atom stereocenters. The molecule has 170 valence electrons. The number of fused-ring (bicyclic) bond motifs is 1. The molecule has 32 heavy (non-hydrogen) atoms. The Labute approximate surface area is 188 Å². The Morgan fingerprint density at radius 1 is 1.19 bits per heavy atom. The Balaban J connectivity index is 1.52. The molecule has 1 aromatic heterocycles. The Morgan fingerprint density at radius 2 is 1.94 bits per heavy atom. The molecule has 1 amide bonds. The lowest BCUT2D eigenvalue weighted by Crippen LogP contribution is -2.43. The number of para-hydroxylation sites is 2. The van der Waals surface area contributed by atoms with Gasteiger partial charge in [-0.15, -0.1) is 0 Å². The number of carbonyl (C=O) groups is 1. The molecule has 0 bridgehead atoms. The summed E-state index contributed by atoms with van der Waals surface area (Å²) in [4.78, 5) is 19.3. The van der Waals surface area contributed by atoms with E-state index in [0.29, 0.717) is 19.0 Å². The predicted molar refractivity (Wildman–Crippen MR) is 124 cm³/mol. The maximum atomic E-state index is 13.4. The number of rotatable bonds is 5. The molecule has 1 saturated heterocycles. The Bertz CT molecular complexity index is 1070. The summed E-state index contributed by atoms with van der Waals surface area (Å²) in [7, 11) is 0. The van der Waals surface area contributed by atoms with Gasteiger partial charge < -0.3 is 19.5 Å². The number of nitrogens with one attached hydrogen (secondary N) is 1. The highest BCUT2D eigenvalue weighted by Crippen LogP contribution is 2.28. The average Bonchev–Trinajstić information content (AvgIpc) is 3.11. The second-order valence-corrected chi connectivity index (χ2v) is 9.45. The predicted octanol–water partition coefficient (Wildman–Crippen LogP) is 4.96. The zero-order valence-corrected chi connectivity index (χ0v) is 19.0. The number of benzene rings is 2. The largest absolute Gasteiger partial charge is 0.444 e. The van der Waals surface area contributed by atoms with Crippen LogP contribution in [0.25, 0.3) is 11.0 Å². The first kappa shape index (κ1) is 22.1. The molecule has 1 fully saturated rings. The van der Waals surface area contributed by atoms with E-state index in [9.17, 15) is 9.18 Å². The van der Waals surface area contributed by atoms with Crippen molar-refractivity contribution in [3.8, 4) is 0 Å². The van der Waals surface area contributed by atoms with Gasteiger partial charge in [-0.2, -0.15) is 0 Å². The van der Waals surface area contributed by atoms with Crippen LogP contribution in [0.2, 0.25) is 0 Å². The summed E-state index contributed by atoms with van der Waals surface area (Å²) in [5.74, 6) is 0.994. The Kier molecular flexibility index (Phi) is 6.35. The van der Waals surface area contributed by atoms with Crippen LogP contribution in [-0.4, -0.2) is 40.9 Å². The lowest BCUT2D eigenvalue weighted by Gasteiger charge is -2.34. The van der Waals surface area contributed by atoms with Gasteiger partial charge >= 0.3 is 6.09 Å². The zero-order valence-electron chi connectivity index (χ0n) is 19.0. The van der Waals surface area contributed by atoms with Crippen LogP contribution >= 0.6 is 0 Å². The number of hydrogen-bond acceptors (Lipinski definition) is 4. The first-order chi connectivity index (χ1) is 15.3. The molecule has 6 nitrogen and oxygen atoms in total. The number of halogens is 1. The molecule has 1 unspecified atom stereocenters. The van der Waals surface area contributed by atoms with E-state index in [4.69, 9.17) is 9.72 Å². The van der Waals surface area contributed by atoms with Crippen molar-refractivity contribution in [1.29, 1.82) is 0 Å². The summed E-state index contributed by atoms with van der Waals surface area (Å²) < 4.78 is 21.0. The van der Waals surface area contributed by atoms with Crippen LogP contribution in [0.1, 0.15) is 39.2 Å². The van der Waals surface area contributed by atoms with Crippen molar-refractivity contribution in [2.45, 2.75) is 45.8 Å². The third-order valence-electron chi connectivity index (χ3n) is 5.62. The lowest BCUT2D eigenvalue weighted by molar-refractivity contribution is 0.0517. The zero-order chi connectivity index (χ0) is 22.7. The van der Waals surface area contributed by atoms with Gasteiger partial charge in [0.2, 0.25) is 5.95 Å². The molecule has 2 aromatic carbocycles. The summed E-state index contributed by atoms with van der Waals surface area (Å²) >= 11 is 0. The van der Waals surface area contributed by atoms with Crippen LogP contribution in [-0.2, 0) is 11.3 Å². The standard InChI is InChI=1S/C25H31FN4O2/c1-25(2,3)32-24(31)27-15-19-7-6-14-29(16-19)23-28-21-8-4-5-9-22(21)30(23)17-18-10-12-20(26)13-11-18/h4-5,8-13,19H,6-7,14-17H2,1-3H3,(H,27,31). The number of amides is 1. The molecule has 3 aromatic rings. The molecule has 1 aliphatic heterocycles. The van der Waals surface area contributed by atoms with Crippen molar-refractivity contribution in [2.75, 3.05) is 24.5 Å². The first-order valence-corrected chi connectivity index (χ1v) is 11.2. The van der Waals surface area contributed by atoms with Gasteiger partial charge in [-0.05, 0) is 69.4 Å². The highest BCUT2D eigenvalue weighted by atomic mass is 19.1. The van der Waals surface area contributed by atoms with E-state index in [1.54, 1.807) is 0 Å². The molecule has 0 saturated carbocycles. The fraction of sp³-hybridized carbons (Fsp3) is 0.440. The van der Waals surface area contributed by atoms with Crippen LogP contribution in [0.5, 0.6) is 0 Å². The molecular formula is C25H31FN4O2. The number of nitrogens with zero attached hydrogens (tertiary/aromatic N) is 3. The van der Waals surface area contributed by atoms with E-state index >= 15 is 0 Å². The van der Waals surface area contributed by atoms with E-state index < -0.39 is 5.60 Å². The van der Waals surface area contributed by atoms with Crippen LogP contribution in [0, 0.1) is 11.7 Å². The first-order valence-electron chi connectivity index (χ1n) is 11.2. The number of ether oxygens (including phenoxy) is 1. The average molecular weight is 439 g/mol. The molecular weight excluding hydrogens is 407 g/mol. The van der Waals surface area contributed by atoms with Gasteiger partial charge in [0.05, 0.1) is 17.6 Å². The smallest absolute Gasteiger partial charge is 0.407 e. The number of anilines is 1. The summed E-state index contributed by atoms with van der Waals surface area (Å²) in [6.45, 7) is 8.50. The third-order valence-corrected chi connectivity index (χ3v) is 5.62. The van der Waals surface area contributed by atoms with Crippen molar-refractivity contribution in [1.82, 2.24) is 14.9 Å². The molecule has 0 radical (unpaired) electrons. The highest BCUT2D eigenvalue weighted by Gasteiger charge is 2.25. The maximum Gasteiger partial charge on any atom is 0.407 e. The summed E-state index contributed by atoms with van der Waals surface area (Å²) in [5, 5.41) is 2.92. The van der Waals surface area contributed by atoms with Gasteiger partial charge in [-0.25, -0.2) is 14.2 Å². The second-order valence-electron chi connectivity index (χ2n) is 9.45. The normalized spacial score (nSPS) is 16.9. The topological polar surface area (TPSA) is 59.4 Å². The minimum atomic E-state index is -0.506. The van der Waals surface area contributed by atoms with Crippen LogP contribution in [0.4, 0.5) is 15.1 Å². The number of aromatic nitrogens is 2. The van der Waals surface area contributed by atoms with E-state index in [0.717, 1.165) is 48.5 Å². The maximum absolute atomic E-state index is 13.4. The summed E-state index contributed by atoms with van der Waals surface area (Å²) in [5.41, 5.74) is 2.52.